The molecule has 1 amide bonds. The van der Waals surface area contributed by atoms with Gasteiger partial charge in [-0.2, -0.15) is 0 Å². The van der Waals surface area contributed by atoms with Gasteiger partial charge in [-0.05, 0) is 43.2 Å². The number of amides is 1. The molecule has 1 aliphatic rings. The van der Waals surface area contributed by atoms with E-state index in [1.165, 1.54) is 0 Å². The van der Waals surface area contributed by atoms with Gasteiger partial charge in [-0.3, -0.25) is 14.6 Å². The number of carbonyl (C=O) groups is 2. The number of ketones is 1. The zero-order chi connectivity index (χ0) is 21.6. The van der Waals surface area contributed by atoms with E-state index in [0.717, 1.165) is 30.9 Å². The van der Waals surface area contributed by atoms with Crippen LogP contribution in [0.4, 0.5) is 5.82 Å². The molecule has 158 valence electrons. The second-order valence-electron chi connectivity index (χ2n) is 7.73. The maximum Gasteiger partial charge on any atom is 0.227 e. The number of nitrogens with zero attached hydrogens (tertiary/aromatic N) is 4. The number of hydrogen-bond donors (Lipinski definition) is 0. The molecule has 31 heavy (non-hydrogen) atoms. The lowest BCUT2D eigenvalue weighted by Crippen LogP contribution is -2.36. The first-order valence-electron chi connectivity index (χ1n) is 10.6. The van der Waals surface area contributed by atoms with Crippen molar-refractivity contribution >= 4 is 17.5 Å². The number of aryl methyl sites for hydroxylation is 1. The molecular weight excluding hydrogens is 388 g/mol. The van der Waals surface area contributed by atoms with Gasteiger partial charge in [-0.1, -0.05) is 36.4 Å². The number of aromatic nitrogens is 2. The first kappa shape index (κ1) is 20.7. The second kappa shape index (κ2) is 9.51. The van der Waals surface area contributed by atoms with Crippen LogP contribution in [0.25, 0.3) is 0 Å². The van der Waals surface area contributed by atoms with Crippen LogP contribution < -0.4 is 4.90 Å². The molecule has 3 aromatic rings. The highest BCUT2D eigenvalue weighted by Gasteiger charge is 2.21. The minimum atomic E-state index is -0.123. The number of anilines is 1. The highest BCUT2D eigenvalue weighted by Crippen LogP contribution is 2.18. The normalized spacial score (nSPS) is 14.2. The van der Waals surface area contributed by atoms with Gasteiger partial charge in [0.05, 0.1) is 6.42 Å². The standard InChI is InChI=1S/C25H26N4O2/c1-19-21(10-6-13-26-19)25(31)22-11-5-12-23(27-22)28-14-7-15-29(17-16-28)24(30)18-20-8-3-2-4-9-20/h2-6,8-13H,7,14-18H2,1H3. The van der Waals surface area contributed by atoms with E-state index in [1.807, 2.05) is 54.3 Å². The minimum absolute atomic E-state index is 0.123. The van der Waals surface area contributed by atoms with Crippen molar-refractivity contribution in [3.05, 3.63) is 89.4 Å². The Morgan fingerprint density at radius 1 is 0.903 bits per heavy atom. The molecule has 0 radical (unpaired) electrons. The van der Waals surface area contributed by atoms with Gasteiger partial charge in [-0.15, -0.1) is 0 Å². The Morgan fingerprint density at radius 2 is 1.74 bits per heavy atom. The van der Waals surface area contributed by atoms with Crippen LogP contribution in [0.2, 0.25) is 0 Å². The number of carbonyl (C=O) groups excluding carboxylic acids is 2. The van der Waals surface area contributed by atoms with Crippen LogP contribution in [-0.2, 0) is 11.2 Å². The smallest absolute Gasteiger partial charge is 0.227 e. The Hall–Kier alpha value is -3.54. The summed E-state index contributed by atoms with van der Waals surface area (Å²) in [7, 11) is 0. The van der Waals surface area contributed by atoms with Crippen molar-refractivity contribution in [2.24, 2.45) is 0 Å². The molecule has 0 unspecified atom stereocenters. The Kier molecular flexibility index (Phi) is 6.36. The van der Waals surface area contributed by atoms with Crippen LogP contribution >= 0.6 is 0 Å². The molecule has 0 aliphatic carbocycles. The topological polar surface area (TPSA) is 66.4 Å². The fraction of sp³-hybridized carbons (Fsp3) is 0.280. The average molecular weight is 415 g/mol. The lowest BCUT2D eigenvalue weighted by Gasteiger charge is -2.23. The summed E-state index contributed by atoms with van der Waals surface area (Å²) in [6.07, 6.45) is 2.97. The third-order valence-corrected chi connectivity index (χ3v) is 5.59. The molecule has 1 aromatic carbocycles. The van der Waals surface area contributed by atoms with Crippen molar-refractivity contribution in [3.8, 4) is 0 Å². The monoisotopic (exact) mass is 414 g/mol. The lowest BCUT2D eigenvalue weighted by atomic mass is 10.1. The van der Waals surface area contributed by atoms with Gasteiger partial charge < -0.3 is 9.80 Å². The second-order valence-corrected chi connectivity index (χ2v) is 7.73. The van der Waals surface area contributed by atoms with E-state index in [9.17, 15) is 9.59 Å². The Bertz CT molecular complexity index is 1070. The molecule has 6 heteroatoms. The summed E-state index contributed by atoms with van der Waals surface area (Å²) >= 11 is 0. The van der Waals surface area contributed by atoms with Crippen molar-refractivity contribution in [2.45, 2.75) is 19.8 Å². The number of pyridine rings is 2. The van der Waals surface area contributed by atoms with E-state index in [0.29, 0.717) is 36.5 Å². The van der Waals surface area contributed by atoms with Crippen molar-refractivity contribution in [1.82, 2.24) is 14.9 Å². The molecule has 0 saturated carbocycles. The summed E-state index contributed by atoms with van der Waals surface area (Å²) in [6, 6.07) is 18.9. The molecule has 6 nitrogen and oxygen atoms in total. The summed E-state index contributed by atoms with van der Waals surface area (Å²) in [5.74, 6) is 0.795. The zero-order valence-corrected chi connectivity index (χ0v) is 17.7. The summed E-state index contributed by atoms with van der Waals surface area (Å²) < 4.78 is 0. The van der Waals surface area contributed by atoms with Crippen molar-refractivity contribution < 1.29 is 9.59 Å². The van der Waals surface area contributed by atoms with E-state index in [1.54, 1.807) is 24.4 Å². The summed E-state index contributed by atoms with van der Waals surface area (Å²) in [4.78, 5) is 38.6. The van der Waals surface area contributed by atoms with Crippen LogP contribution in [0.3, 0.4) is 0 Å². The number of hydrogen-bond acceptors (Lipinski definition) is 5. The average Bonchev–Trinajstić information content (AvgIpc) is 3.06. The Balaban J connectivity index is 1.44. The van der Waals surface area contributed by atoms with E-state index in [2.05, 4.69) is 14.9 Å². The van der Waals surface area contributed by atoms with Crippen LogP contribution in [-0.4, -0.2) is 52.7 Å². The molecule has 1 saturated heterocycles. The molecule has 0 atom stereocenters. The Morgan fingerprint density at radius 3 is 2.55 bits per heavy atom. The predicted octanol–water partition coefficient (Wildman–Crippen LogP) is 3.30. The van der Waals surface area contributed by atoms with Crippen molar-refractivity contribution in [2.75, 3.05) is 31.1 Å². The van der Waals surface area contributed by atoms with Crippen molar-refractivity contribution in [1.29, 1.82) is 0 Å². The predicted molar refractivity (Wildman–Crippen MR) is 120 cm³/mol. The van der Waals surface area contributed by atoms with Gasteiger partial charge in [0, 0.05) is 43.6 Å². The molecule has 0 N–H and O–H groups in total. The lowest BCUT2D eigenvalue weighted by molar-refractivity contribution is -0.130. The van der Waals surface area contributed by atoms with Gasteiger partial charge in [0.15, 0.2) is 0 Å². The summed E-state index contributed by atoms with van der Waals surface area (Å²) in [6.45, 7) is 4.69. The van der Waals surface area contributed by atoms with Crippen LogP contribution in [0.5, 0.6) is 0 Å². The van der Waals surface area contributed by atoms with Gasteiger partial charge in [0.25, 0.3) is 0 Å². The maximum atomic E-state index is 12.9. The van der Waals surface area contributed by atoms with E-state index >= 15 is 0 Å². The highest BCUT2D eigenvalue weighted by molar-refractivity contribution is 6.08. The molecule has 3 heterocycles. The third-order valence-electron chi connectivity index (χ3n) is 5.59. The van der Waals surface area contributed by atoms with Crippen LogP contribution in [0.15, 0.2) is 66.9 Å². The van der Waals surface area contributed by atoms with Gasteiger partial charge in [0.2, 0.25) is 11.7 Å². The van der Waals surface area contributed by atoms with Crippen molar-refractivity contribution in [3.63, 3.8) is 0 Å². The molecule has 1 aliphatic heterocycles. The number of benzene rings is 1. The molecular formula is C25H26N4O2. The quantitative estimate of drug-likeness (QED) is 0.600. The van der Waals surface area contributed by atoms with Gasteiger partial charge in [-0.25, -0.2) is 4.98 Å². The molecule has 2 aromatic heterocycles. The van der Waals surface area contributed by atoms with Gasteiger partial charge in [0.1, 0.15) is 11.5 Å². The van der Waals surface area contributed by atoms with E-state index in [-0.39, 0.29) is 11.7 Å². The first-order chi connectivity index (χ1) is 15.1. The highest BCUT2D eigenvalue weighted by atomic mass is 16.2. The first-order valence-corrected chi connectivity index (χ1v) is 10.6. The van der Waals surface area contributed by atoms with E-state index in [4.69, 9.17) is 0 Å². The molecule has 0 spiro atoms. The van der Waals surface area contributed by atoms with Crippen LogP contribution in [0.1, 0.15) is 33.7 Å². The summed E-state index contributed by atoms with van der Waals surface area (Å²) in [5.41, 5.74) is 2.71. The zero-order valence-electron chi connectivity index (χ0n) is 17.7. The largest absolute Gasteiger partial charge is 0.355 e. The minimum Gasteiger partial charge on any atom is -0.355 e. The molecule has 1 fully saturated rings. The number of rotatable bonds is 5. The fourth-order valence-corrected chi connectivity index (χ4v) is 3.87. The fourth-order valence-electron chi connectivity index (χ4n) is 3.87. The Labute approximate surface area is 182 Å². The molecule has 4 rings (SSSR count). The summed E-state index contributed by atoms with van der Waals surface area (Å²) in [5, 5.41) is 0. The maximum absolute atomic E-state index is 12.9. The van der Waals surface area contributed by atoms with Gasteiger partial charge >= 0.3 is 0 Å². The van der Waals surface area contributed by atoms with E-state index < -0.39 is 0 Å². The van der Waals surface area contributed by atoms with Crippen LogP contribution in [0, 0.1) is 6.92 Å². The molecule has 0 bridgehead atoms. The SMILES string of the molecule is Cc1ncccc1C(=O)c1cccc(N2CCCN(C(=O)Cc3ccccc3)CC2)n1. The third kappa shape index (κ3) is 4.97.